The van der Waals surface area contributed by atoms with E-state index < -0.39 is 28.5 Å². The van der Waals surface area contributed by atoms with Crippen molar-refractivity contribution < 1.29 is 18.0 Å². The molecule has 7 nitrogen and oxygen atoms in total. The Bertz CT molecular complexity index is 1470. The number of rotatable bonds is 11. The van der Waals surface area contributed by atoms with Gasteiger partial charge in [-0.2, -0.15) is 0 Å². The maximum atomic E-state index is 14.2. The van der Waals surface area contributed by atoms with Crippen molar-refractivity contribution in [1.29, 1.82) is 0 Å². The molecule has 0 radical (unpaired) electrons. The van der Waals surface area contributed by atoms with Gasteiger partial charge in [-0.1, -0.05) is 85.8 Å². The Morgan fingerprint density at radius 1 is 0.952 bits per heavy atom. The molecular formula is C33H40ClN3O4S. The highest BCUT2D eigenvalue weighted by molar-refractivity contribution is 7.92. The van der Waals surface area contributed by atoms with Crippen molar-refractivity contribution in [2.24, 2.45) is 0 Å². The average molecular weight is 610 g/mol. The van der Waals surface area contributed by atoms with Crippen molar-refractivity contribution in [3.05, 3.63) is 94.5 Å². The molecule has 9 heteroatoms. The van der Waals surface area contributed by atoms with Gasteiger partial charge in [0.15, 0.2) is 0 Å². The molecule has 1 saturated carbocycles. The van der Waals surface area contributed by atoms with Gasteiger partial charge >= 0.3 is 0 Å². The zero-order valence-corrected chi connectivity index (χ0v) is 26.1. The van der Waals surface area contributed by atoms with Crippen LogP contribution in [0.25, 0.3) is 0 Å². The van der Waals surface area contributed by atoms with Crippen LogP contribution in [0.3, 0.4) is 0 Å². The maximum Gasteiger partial charge on any atom is 0.264 e. The predicted molar refractivity (Wildman–Crippen MR) is 168 cm³/mol. The van der Waals surface area contributed by atoms with E-state index in [0.717, 1.165) is 48.8 Å². The van der Waals surface area contributed by atoms with Gasteiger partial charge in [0.25, 0.3) is 10.0 Å². The topological polar surface area (TPSA) is 86.8 Å². The summed E-state index contributed by atoms with van der Waals surface area (Å²) in [5.41, 5.74) is 2.96. The van der Waals surface area contributed by atoms with Crippen molar-refractivity contribution in [2.75, 3.05) is 10.8 Å². The number of halogens is 1. The van der Waals surface area contributed by atoms with Crippen LogP contribution in [-0.2, 0) is 32.6 Å². The lowest BCUT2D eigenvalue weighted by molar-refractivity contribution is -0.139. The normalized spacial score (nSPS) is 14.7. The fourth-order valence-electron chi connectivity index (χ4n) is 5.34. The standard InChI is InChI=1S/C33H40ClN3O4S/c1-4-27-10-8-9-13-31(27)37(42(40,41)30-20-14-24(2)15-21-30)23-32(38)36(22-26-16-18-28(34)19-17-26)25(3)33(39)35-29-11-6-5-7-12-29/h8-10,13-21,25,29H,4-7,11-12,22-23H2,1-3H3,(H,35,39). The Hall–Kier alpha value is -3.36. The fraction of sp³-hybridized carbons (Fsp3) is 0.394. The first kappa shape index (κ1) is 31.6. The Kier molecular flexibility index (Phi) is 10.7. The molecular weight excluding hydrogens is 570 g/mol. The summed E-state index contributed by atoms with van der Waals surface area (Å²) in [4.78, 5) is 29.2. The molecule has 1 fully saturated rings. The molecule has 0 heterocycles. The number of amides is 2. The number of carbonyl (C=O) groups excluding carboxylic acids is 2. The second-order valence-electron chi connectivity index (χ2n) is 11.0. The summed E-state index contributed by atoms with van der Waals surface area (Å²) in [6.07, 6.45) is 5.71. The summed E-state index contributed by atoms with van der Waals surface area (Å²) >= 11 is 6.10. The van der Waals surface area contributed by atoms with Crippen LogP contribution < -0.4 is 9.62 Å². The number of nitrogens with one attached hydrogen (secondary N) is 1. The van der Waals surface area contributed by atoms with Crippen LogP contribution >= 0.6 is 11.6 Å². The summed E-state index contributed by atoms with van der Waals surface area (Å²) < 4.78 is 29.4. The lowest BCUT2D eigenvalue weighted by Gasteiger charge is -2.33. The van der Waals surface area contributed by atoms with E-state index in [1.54, 1.807) is 55.5 Å². The highest BCUT2D eigenvalue weighted by atomic mass is 35.5. The summed E-state index contributed by atoms with van der Waals surface area (Å²) in [5, 5.41) is 3.69. The number of para-hydroxylation sites is 1. The van der Waals surface area contributed by atoms with Crippen molar-refractivity contribution in [3.63, 3.8) is 0 Å². The van der Waals surface area contributed by atoms with Crippen LogP contribution in [-0.4, -0.2) is 43.8 Å². The first-order valence-electron chi connectivity index (χ1n) is 14.6. The van der Waals surface area contributed by atoms with Crippen LogP contribution in [0.1, 0.15) is 62.6 Å². The minimum atomic E-state index is -4.11. The zero-order chi connectivity index (χ0) is 30.3. The first-order chi connectivity index (χ1) is 20.1. The van der Waals surface area contributed by atoms with Crippen molar-refractivity contribution in [2.45, 2.75) is 82.8 Å². The molecule has 4 rings (SSSR count). The number of benzene rings is 3. The van der Waals surface area contributed by atoms with Crippen LogP contribution in [0.15, 0.2) is 77.7 Å². The van der Waals surface area contributed by atoms with Crippen molar-refractivity contribution in [1.82, 2.24) is 10.2 Å². The predicted octanol–water partition coefficient (Wildman–Crippen LogP) is 6.27. The maximum absolute atomic E-state index is 14.2. The lowest BCUT2D eigenvalue weighted by Crippen LogP contribution is -2.53. The highest BCUT2D eigenvalue weighted by Crippen LogP contribution is 2.28. The molecule has 0 aromatic heterocycles. The number of sulfonamides is 1. The van der Waals surface area contributed by atoms with E-state index in [1.165, 1.54) is 9.21 Å². The third-order valence-corrected chi connectivity index (χ3v) is 9.94. The molecule has 0 saturated heterocycles. The van der Waals surface area contributed by atoms with Gasteiger partial charge < -0.3 is 10.2 Å². The Morgan fingerprint density at radius 2 is 1.60 bits per heavy atom. The summed E-state index contributed by atoms with van der Waals surface area (Å²) in [7, 11) is -4.11. The smallest absolute Gasteiger partial charge is 0.264 e. The van der Waals surface area contributed by atoms with Crippen LogP contribution in [0, 0.1) is 6.92 Å². The van der Waals surface area contributed by atoms with Gasteiger partial charge in [-0.3, -0.25) is 13.9 Å². The SMILES string of the molecule is CCc1ccccc1N(CC(=O)N(Cc1ccc(Cl)cc1)C(C)C(=O)NC1CCCCC1)S(=O)(=O)c1ccc(C)cc1. The van der Waals surface area contributed by atoms with Crippen LogP contribution in [0.5, 0.6) is 0 Å². The molecule has 1 aliphatic rings. The summed E-state index contributed by atoms with van der Waals surface area (Å²) in [6.45, 7) is 5.20. The molecule has 0 aliphatic heterocycles. The van der Waals surface area contributed by atoms with E-state index in [9.17, 15) is 18.0 Å². The lowest BCUT2D eigenvalue weighted by atomic mass is 9.95. The van der Waals surface area contributed by atoms with E-state index in [-0.39, 0.29) is 23.4 Å². The summed E-state index contributed by atoms with van der Waals surface area (Å²) in [6, 6.07) is 20.1. The quantitative estimate of drug-likeness (QED) is 0.277. The number of nitrogens with zero attached hydrogens (tertiary/aromatic N) is 2. The number of carbonyl (C=O) groups is 2. The minimum Gasteiger partial charge on any atom is -0.352 e. The van der Waals surface area contributed by atoms with E-state index in [1.807, 2.05) is 38.1 Å². The van der Waals surface area contributed by atoms with Gasteiger partial charge in [0.1, 0.15) is 12.6 Å². The van der Waals surface area contributed by atoms with Crippen molar-refractivity contribution >= 4 is 39.1 Å². The fourth-order valence-corrected chi connectivity index (χ4v) is 6.92. The largest absolute Gasteiger partial charge is 0.352 e. The number of aryl methyl sites for hydroxylation is 2. The first-order valence-corrected chi connectivity index (χ1v) is 16.4. The molecule has 3 aromatic rings. The summed E-state index contributed by atoms with van der Waals surface area (Å²) in [5.74, 6) is -0.719. The second-order valence-corrected chi connectivity index (χ2v) is 13.3. The molecule has 42 heavy (non-hydrogen) atoms. The molecule has 1 unspecified atom stereocenters. The average Bonchev–Trinajstić information content (AvgIpc) is 2.99. The van der Waals surface area contributed by atoms with Gasteiger partial charge in [0.2, 0.25) is 11.8 Å². The third kappa shape index (κ3) is 7.72. The van der Waals surface area contributed by atoms with Gasteiger partial charge in [0.05, 0.1) is 10.6 Å². The second kappa shape index (κ2) is 14.2. The molecule has 1 atom stereocenters. The van der Waals surface area contributed by atoms with Gasteiger partial charge in [-0.15, -0.1) is 0 Å². The molecule has 0 spiro atoms. The molecule has 1 aliphatic carbocycles. The Morgan fingerprint density at radius 3 is 2.24 bits per heavy atom. The van der Waals surface area contributed by atoms with Gasteiger partial charge in [-0.05, 0) is 74.6 Å². The monoisotopic (exact) mass is 609 g/mol. The Labute approximate surface area is 254 Å². The van der Waals surface area contributed by atoms with Gasteiger partial charge in [-0.25, -0.2) is 8.42 Å². The number of hydrogen-bond acceptors (Lipinski definition) is 4. The van der Waals surface area contributed by atoms with Crippen LogP contribution in [0.2, 0.25) is 5.02 Å². The highest BCUT2D eigenvalue weighted by Gasteiger charge is 2.34. The van der Waals surface area contributed by atoms with E-state index in [0.29, 0.717) is 17.1 Å². The number of hydrogen-bond donors (Lipinski definition) is 1. The molecule has 0 bridgehead atoms. The number of anilines is 1. The Balaban J connectivity index is 1.70. The zero-order valence-electron chi connectivity index (χ0n) is 24.6. The van der Waals surface area contributed by atoms with Gasteiger partial charge in [0, 0.05) is 17.6 Å². The molecule has 1 N–H and O–H groups in total. The molecule has 2 amide bonds. The minimum absolute atomic E-state index is 0.0797. The van der Waals surface area contributed by atoms with E-state index in [2.05, 4.69) is 5.32 Å². The molecule has 3 aromatic carbocycles. The van der Waals surface area contributed by atoms with E-state index in [4.69, 9.17) is 11.6 Å². The van der Waals surface area contributed by atoms with Crippen molar-refractivity contribution in [3.8, 4) is 0 Å². The molecule has 224 valence electrons. The van der Waals surface area contributed by atoms with Crippen LogP contribution in [0.4, 0.5) is 5.69 Å². The van der Waals surface area contributed by atoms with E-state index >= 15 is 0 Å². The third-order valence-electron chi connectivity index (χ3n) is 7.91.